The molecule has 3 aromatic rings. The minimum atomic E-state index is -2.00. The van der Waals surface area contributed by atoms with Gasteiger partial charge in [0.1, 0.15) is 23.7 Å². The van der Waals surface area contributed by atoms with Crippen molar-refractivity contribution < 1.29 is 18.1 Å². The van der Waals surface area contributed by atoms with Gasteiger partial charge in [-0.15, -0.1) is 0 Å². The minimum Gasteiger partial charge on any atom is -0.467 e. The number of hydrazine groups is 1. The first-order valence-electron chi connectivity index (χ1n) is 10.6. The van der Waals surface area contributed by atoms with Crippen molar-refractivity contribution in [2.45, 2.75) is 33.4 Å². The number of benzene rings is 1. The molecular formula is C21H22FN9O3S. The van der Waals surface area contributed by atoms with E-state index >= 15 is 0 Å². The molecule has 4 heterocycles. The first kappa shape index (κ1) is 23.9. The number of nitrogens with two attached hydrogens (primary N) is 1. The molecule has 3 N–H and O–H groups in total. The zero-order valence-corrected chi connectivity index (χ0v) is 20.1. The van der Waals surface area contributed by atoms with Crippen LogP contribution in [0, 0.1) is 17.1 Å². The van der Waals surface area contributed by atoms with Gasteiger partial charge in [0, 0.05) is 12.6 Å². The number of carbonyl (C=O) groups is 1. The van der Waals surface area contributed by atoms with E-state index < -0.39 is 29.1 Å². The van der Waals surface area contributed by atoms with Crippen molar-refractivity contribution in [3.63, 3.8) is 0 Å². The van der Waals surface area contributed by atoms with Crippen LogP contribution in [0.5, 0.6) is 5.88 Å². The summed E-state index contributed by atoms with van der Waals surface area (Å²) in [6.07, 6.45) is 0.549. The van der Waals surface area contributed by atoms with Crippen molar-refractivity contribution in [2.24, 2.45) is 7.05 Å². The van der Waals surface area contributed by atoms with Crippen LogP contribution in [0.4, 0.5) is 20.7 Å². The molecule has 14 heteroatoms. The summed E-state index contributed by atoms with van der Waals surface area (Å²) in [6, 6.07) is 5.22. The number of aromatic nitrogens is 4. The number of hydrogen-bond acceptors (Lipinski definition) is 8. The van der Waals surface area contributed by atoms with E-state index in [1.165, 1.54) is 38.5 Å². The molecule has 2 aliphatic rings. The van der Waals surface area contributed by atoms with Gasteiger partial charge in [-0.3, -0.25) is 4.68 Å². The second-order valence-electron chi connectivity index (χ2n) is 7.30. The molecule has 2 aliphatic heterocycles. The van der Waals surface area contributed by atoms with Crippen molar-refractivity contribution in [3.8, 4) is 23.2 Å². The number of rotatable bonds is 0. The van der Waals surface area contributed by atoms with E-state index in [-0.39, 0.29) is 35.3 Å². The number of halogens is 1. The predicted molar refractivity (Wildman–Crippen MR) is 125 cm³/mol. The molecule has 2 unspecified atom stereocenters. The monoisotopic (exact) mass is 499 g/mol. The van der Waals surface area contributed by atoms with Crippen molar-refractivity contribution in [1.82, 2.24) is 29.5 Å². The largest absolute Gasteiger partial charge is 0.467 e. The fourth-order valence-corrected chi connectivity index (χ4v) is 4.77. The quantitative estimate of drug-likeness (QED) is 0.478. The summed E-state index contributed by atoms with van der Waals surface area (Å²) in [5, 5.41) is 15.3. The third kappa shape index (κ3) is 3.99. The normalized spacial score (nSPS) is 18.3. The number of urea groups is 1. The maximum absolute atomic E-state index is 14.2. The van der Waals surface area contributed by atoms with Crippen LogP contribution in [-0.4, -0.2) is 35.0 Å². The lowest BCUT2D eigenvalue weighted by Gasteiger charge is -2.29. The van der Waals surface area contributed by atoms with E-state index in [2.05, 4.69) is 25.9 Å². The second-order valence-corrected chi connectivity index (χ2v) is 8.35. The Hall–Kier alpha value is -4.25. The summed E-state index contributed by atoms with van der Waals surface area (Å²) in [5.41, 5.74) is 7.59. The molecule has 35 heavy (non-hydrogen) atoms. The Morgan fingerprint density at radius 3 is 2.83 bits per heavy atom. The van der Waals surface area contributed by atoms with E-state index in [0.717, 1.165) is 0 Å². The van der Waals surface area contributed by atoms with E-state index in [4.69, 9.17) is 10.5 Å². The topological polar surface area (TPSA) is 155 Å². The molecule has 12 nitrogen and oxygen atoms in total. The number of nitriles is 1. The highest BCUT2D eigenvalue weighted by Crippen LogP contribution is 2.37. The Morgan fingerprint density at radius 1 is 1.37 bits per heavy atom. The molecule has 0 aliphatic carbocycles. The SMILES string of the molecule is CC.CC1Oc2nc(cnc2N)-c2c(nn(C)c2C#N)CN2C(=O)NS(=O)N2c2ccc(F)cc21. The smallest absolute Gasteiger partial charge is 0.350 e. The highest BCUT2D eigenvalue weighted by Gasteiger charge is 2.39. The van der Waals surface area contributed by atoms with Crippen molar-refractivity contribution in [1.29, 1.82) is 5.26 Å². The van der Waals surface area contributed by atoms with Gasteiger partial charge in [0.2, 0.25) is 11.2 Å². The summed E-state index contributed by atoms with van der Waals surface area (Å²) in [7, 11) is 1.58. The fourth-order valence-electron chi connectivity index (χ4n) is 3.77. The van der Waals surface area contributed by atoms with Gasteiger partial charge < -0.3 is 10.5 Å². The van der Waals surface area contributed by atoms with Crippen LogP contribution in [0.25, 0.3) is 11.3 Å². The van der Waals surface area contributed by atoms with E-state index in [0.29, 0.717) is 16.8 Å². The predicted octanol–water partition coefficient (Wildman–Crippen LogP) is 2.48. The average molecular weight is 500 g/mol. The van der Waals surface area contributed by atoms with Crippen LogP contribution in [0.2, 0.25) is 0 Å². The van der Waals surface area contributed by atoms with Crippen LogP contribution in [0.15, 0.2) is 24.4 Å². The standard InChI is InChI=1S/C19H16FN9O3S.C2H6/c1-9-11-5-10(20)3-4-14(11)29-28(19(30)26-33(29)31)8-13-16(15(6-21)27(2)25-13)12-7-23-17(22)18(24-12)32-9;1-2/h3-5,7,9H,8H2,1-2H3,(H2,22,23)(H,26,30);1-2H3. The second kappa shape index (κ2) is 9.18. The van der Waals surface area contributed by atoms with Crippen molar-refractivity contribution in [2.75, 3.05) is 10.1 Å². The van der Waals surface area contributed by atoms with Crippen molar-refractivity contribution >= 4 is 28.7 Å². The Kier molecular flexibility index (Phi) is 6.27. The number of carbonyl (C=O) groups excluding carboxylic acids is 1. The maximum Gasteiger partial charge on any atom is 0.350 e. The van der Waals surface area contributed by atoms with Gasteiger partial charge in [0.05, 0.1) is 35.4 Å². The number of amides is 2. The minimum absolute atomic E-state index is 0.00668. The molecule has 2 amide bonds. The summed E-state index contributed by atoms with van der Waals surface area (Å²) in [4.78, 5) is 21.3. The van der Waals surface area contributed by atoms with Gasteiger partial charge in [0.25, 0.3) is 5.88 Å². The third-order valence-electron chi connectivity index (χ3n) is 5.26. The number of anilines is 2. The van der Waals surface area contributed by atoms with Gasteiger partial charge in [-0.1, -0.05) is 13.8 Å². The van der Waals surface area contributed by atoms with E-state index in [1.54, 1.807) is 14.0 Å². The van der Waals surface area contributed by atoms with E-state index in [9.17, 15) is 18.7 Å². The number of nitrogen functional groups attached to an aromatic ring is 1. The molecule has 2 atom stereocenters. The van der Waals surface area contributed by atoms with Crippen LogP contribution >= 0.6 is 0 Å². The third-order valence-corrected chi connectivity index (χ3v) is 6.31. The number of nitrogens with zero attached hydrogens (tertiary/aromatic N) is 7. The lowest BCUT2D eigenvalue weighted by molar-refractivity contribution is 0.207. The zero-order valence-electron chi connectivity index (χ0n) is 19.3. The van der Waals surface area contributed by atoms with Crippen LogP contribution in [0.1, 0.15) is 43.8 Å². The number of ether oxygens (including phenoxy) is 1. The lowest BCUT2D eigenvalue weighted by Crippen LogP contribution is -2.39. The first-order chi connectivity index (χ1) is 16.8. The lowest BCUT2D eigenvalue weighted by atomic mass is 10.1. The van der Waals surface area contributed by atoms with Crippen LogP contribution in [0.3, 0.4) is 0 Å². The Bertz CT molecular complexity index is 1390. The molecule has 0 saturated carbocycles. The number of aryl methyl sites for hydroxylation is 1. The average Bonchev–Trinajstić information content (AvgIpc) is 3.30. The number of hydrogen-bond donors (Lipinski definition) is 2. The molecule has 2 bridgehead atoms. The van der Waals surface area contributed by atoms with E-state index in [1.807, 2.05) is 13.8 Å². The van der Waals surface area contributed by atoms with Gasteiger partial charge in [-0.05, 0) is 25.1 Å². The zero-order chi connectivity index (χ0) is 25.4. The molecule has 1 aromatic carbocycles. The van der Waals surface area contributed by atoms with Crippen LogP contribution in [-0.2, 0) is 24.8 Å². The molecule has 1 saturated heterocycles. The molecular weight excluding hydrogens is 477 g/mol. The molecule has 0 spiro atoms. The van der Waals surface area contributed by atoms with Gasteiger partial charge in [0.15, 0.2) is 5.82 Å². The van der Waals surface area contributed by atoms with Crippen LogP contribution < -0.4 is 19.6 Å². The first-order valence-corrected chi connectivity index (χ1v) is 11.7. The summed E-state index contributed by atoms with van der Waals surface area (Å²) < 4.78 is 37.9. The Morgan fingerprint density at radius 2 is 2.11 bits per heavy atom. The number of fused-ring (bicyclic) bond motifs is 7. The molecule has 182 valence electrons. The van der Waals surface area contributed by atoms with Gasteiger partial charge in [-0.25, -0.2) is 33.1 Å². The molecule has 1 fully saturated rings. The summed E-state index contributed by atoms with van der Waals surface area (Å²) in [5.74, 6) is -0.582. The Labute approximate surface area is 202 Å². The molecule has 2 aromatic heterocycles. The summed E-state index contributed by atoms with van der Waals surface area (Å²) in [6.45, 7) is 5.47. The maximum atomic E-state index is 14.2. The Balaban J connectivity index is 0.00000141. The van der Waals surface area contributed by atoms with Crippen molar-refractivity contribution in [3.05, 3.63) is 47.2 Å². The highest BCUT2D eigenvalue weighted by molar-refractivity contribution is 7.85. The van der Waals surface area contributed by atoms with Gasteiger partial charge >= 0.3 is 6.03 Å². The molecule has 5 rings (SSSR count). The molecule has 0 radical (unpaired) electrons. The van der Waals surface area contributed by atoms with Gasteiger partial charge in [-0.2, -0.15) is 14.8 Å². The highest BCUT2D eigenvalue weighted by atomic mass is 32.2. The fraction of sp³-hybridized carbons (Fsp3) is 0.286. The summed E-state index contributed by atoms with van der Waals surface area (Å²) >= 11 is -2.00. The number of nitrogens with one attached hydrogen (secondary N) is 1.